The molecule has 1 aromatic rings. The van der Waals surface area contributed by atoms with E-state index in [1.807, 2.05) is 26.0 Å². The van der Waals surface area contributed by atoms with E-state index >= 15 is 0 Å². The monoisotopic (exact) mass is 225 g/mol. The summed E-state index contributed by atoms with van der Waals surface area (Å²) in [5.74, 6) is 0.809. The lowest BCUT2D eigenvalue weighted by Gasteiger charge is -2.10. The van der Waals surface area contributed by atoms with Crippen molar-refractivity contribution < 1.29 is 4.74 Å². The van der Waals surface area contributed by atoms with Crippen molar-refractivity contribution in [2.45, 2.75) is 13.8 Å². The standard InChI is InChI=1S/C12H16ClNO/c1-8(6-14)7-15-11-4-9(2)12(13)10(3)5-11/h4-5H,1,6-7,14H2,2-3H3. The van der Waals surface area contributed by atoms with E-state index in [1.54, 1.807) is 0 Å². The molecule has 2 nitrogen and oxygen atoms in total. The smallest absolute Gasteiger partial charge is 0.120 e. The molecular weight excluding hydrogens is 210 g/mol. The van der Waals surface area contributed by atoms with Crippen molar-refractivity contribution in [2.75, 3.05) is 13.2 Å². The second-order valence-electron chi connectivity index (χ2n) is 3.61. The molecule has 1 rings (SSSR count). The van der Waals surface area contributed by atoms with Crippen molar-refractivity contribution in [3.8, 4) is 5.75 Å². The minimum absolute atomic E-state index is 0.450. The van der Waals surface area contributed by atoms with Gasteiger partial charge in [-0.25, -0.2) is 0 Å². The third-order valence-corrected chi connectivity index (χ3v) is 2.74. The molecule has 0 saturated carbocycles. The van der Waals surface area contributed by atoms with Crippen LogP contribution < -0.4 is 10.5 Å². The Balaban J connectivity index is 2.75. The summed E-state index contributed by atoms with van der Waals surface area (Å²) in [6, 6.07) is 3.83. The zero-order valence-electron chi connectivity index (χ0n) is 9.14. The Morgan fingerprint density at radius 2 is 1.93 bits per heavy atom. The van der Waals surface area contributed by atoms with Gasteiger partial charge in [0.15, 0.2) is 0 Å². The molecule has 0 aliphatic heterocycles. The summed E-state index contributed by atoms with van der Waals surface area (Å²) in [4.78, 5) is 0. The summed E-state index contributed by atoms with van der Waals surface area (Å²) in [5, 5.41) is 0.792. The zero-order valence-corrected chi connectivity index (χ0v) is 9.90. The molecule has 15 heavy (non-hydrogen) atoms. The van der Waals surface area contributed by atoms with E-state index < -0.39 is 0 Å². The number of rotatable bonds is 4. The molecule has 0 saturated heterocycles. The first kappa shape index (κ1) is 12.1. The van der Waals surface area contributed by atoms with Gasteiger partial charge in [0.25, 0.3) is 0 Å². The number of aryl methyl sites for hydroxylation is 2. The Morgan fingerprint density at radius 3 is 2.40 bits per heavy atom. The van der Waals surface area contributed by atoms with Crippen LogP contribution >= 0.6 is 11.6 Å². The van der Waals surface area contributed by atoms with Crippen LogP contribution in [0, 0.1) is 13.8 Å². The van der Waals surface area contributed by atoms with Gasteiger partial charge in [0.1, 0.15) is 12.4 Å². The summed E-state index contributed by atoms with van der Waals surface area (Å²) in [7, 11) is 0. The van der Waals surface area contributed by atoms with Crippen LogP contribution in [-0.4, -0.2) is 13.2 Å². The minimum atomic E-state index is 0.450. The topological polar surface area (TPSA) is 35.2 Å². The maximum atomic E-state index is 6.05. The highest BCUT2D eigenvalue weighted by atomic mass is 35.5. The molecule has 82 valence electrons. The Kier molecular flexibility index (Phi) is 4.18. The maximum absolute atomic E-state index is 6.05. The molecule has 0 atom stereocenters. The van der Waals surface area contributed by atoms with E-state index in [9.17, 15) is 0 Å². The Labute approximate surface area is 95.7 Å². The van der Waals surface area contributed by atoms with Crippen molar-refractivity contribution in [1.29, 1.82) is 0 Å². The lowest BCUT2D eigenvalue weighted by molar-refractivity contribution is 0.350. The molecule has 0 bridgehead atoms. The molecule has 0 heterocycles. The lowest BCUT2D eigenvalue weighted by atomic mass is 10.1. The van der Waals surface area contributed by atoms with Crippen LogP contribution in [0.2, 0.25) is 5.02 Å². The van der Waals surface area contributed by atoms with Crippen LogP contribution in [0.4, 0.5) is 0 Å². The normalized spacial score (nSPS) is 10.1. The predicted molar refractivity (Wildman–Crippen MR) is 64.6 cm³/mol. The molecular formula is C12H16ClNO. The van der Waals surface area contributed by atoms with Gasteiger partial charge in [0, 0.05) is 11.6 Å². The first-order chi connectivity index (χ1) is 7.04. The van der Waals surface area contributed by atoms with Crippen molar-refractivity contribution in [1.82, 2.24) is 0 Å². The highest BCUT2D eigenvalue weighted by Gasteiger charge is 2.03. The van der Waals surface area contributed by atoms with Gasteiger partial charge in [-0.3, -0.25) is 0 Å². The summed E-state index contributed by atoms with van der Waals surface area (Å²) >= 11 is 6.05. The highest BCUT2D eigenvalue weighted by Crippen LogP contribution is 2.25. The van der Waals surface area contributed by atoms with E-state index in [0.29, 0.717) is 13.2 Å². The number of benzene rings is 1. The van der Waals surface area contributed by atoms with E-state index in [0.717, 1.165) is 27.5 Å². The number of hydrogen-bond acceptors (Lipinski definition) is 2. The van der Waals surface area contributed by atoms with Crippen molar-refractivity contribution >= 4 is 11.6 Å². The van der Waals surface area contributed by atoms with Crippen LogP contribution in [0.15, 0.2) is 24.3 Å². The Bertz CT molecular complexity index is 351. The third-order valence-electron chi connectivity index (χ3n) is 2.14. The molecule has 1 aromatic carbocycles. The minimum Gasteiger partial charge on any atom is -0.489 e. The zero-order chi connectivity index (χ0) is 11.4. The molecule has 0 amide bonds. The first-order valence-electron chi connectivity index (χ1n) is 4.81. The number of nitrogens with two attached hydrogens (primary N) is 1. The molecule has 2 N–H and O–H groups in total. The highest BCUT2D eigenvalue weighted by molar-refractivity contribution is 6.32. The van der Waals surface area contributed by atoms with Crippen LogP contribution in [-0.2, 0) is 0 Å². The molecule has 0 aromatic heterocycles. The fourth-order valence-electron chi connectivity index (χ4n) is 1.23. The van der Waals surface area contributed by atoms with Gasteiger partial charge in [-0.1, -0.05) is 18.2 Å². The maximum Gasteiger partial charge on any atom is 0.120 e. The number of halogens is 1. The molecule has 0 aliphatic rings. The quantitative estimate of drug-likeness (QED) is 0.800. The average molecular weight is 226 g/mol. The largest absolute Gasteiger partial charge is 0.489 e. The van der Waals surface area contributed by atoms with Gasteiger partial charge in [-0.05, 0) is 42.7 Å². The van der Waals surface area contributed by atoms with Crippen molar-refractivity contribution in [2.24, 2.45) is 5.73 Å². The average Bonchev–Trinajstić information content (AvgIpc) is 2.22. The number of hydrogen-bond donors (Lipinski definition) is 1. The van der Waals surface area contributed by atoms with E-state index in [2.05, 4.69) is 6.58 Å². The van der Waals surface area contributed by atoms with Gasteiger partial charge in [-0.15, -0.1) is 0 Å². The summed E-state index contributed by atoms with van der Waals surface area (Å²) in [6.07, 6.45) is 0. The second-order valence-corrected chi connectivity index (χ2v) is 3.99. The van der Waals surface area contributed by atoms with Crippen LogP contribution in [0.3, 0.4) is 0 Å². The van der Waals surface area contributed by atoms with Gasteiger partial charge >= 0.3 is 0 Å². The Hall–Kier alpha value is -0.990. The Morgan fingerprint density at radius 1 is 1.40 bits per heavy atom. The summed E-state index contributed by atoms with van der Waals surface area (Å²) in [6.45, 7) is 8.60. The summed E-state index contributed by atoms with van der Waals surface area (Å²) in [5.41, 5.74) is 8.33. The van der Waals surface area contributed by atoms with E-state index in [1.165, 1.54) is 0 Å². The van der Waals surface area contributed by atoms with Crippen molar-refractivity contribution in [3.05, 3.63) is 40.4 Å². The molecule has 0 aliphatic carbocycles. The fraction of sp³-hybridized carbons (Fsp3) is 0.333. The third kappa shape index (κ3) is 3.26. The molecule has 0 spiro atoms. The number of ether oxygens (including phenoxy) is 1. The SMILES string of the molecule is C=C(CN)COc1cc(C)c(Cl)c(C)c1. The van der Waals surface area contributed by atoms with Crippen molar-refractivity contribution in [3.63, 3.8) is 0 Å². The molecule has 0 fully saturated rings. The van der Waals surface area contributed by atoms with Crippen LogP contribution in [0.5, 0.6) is 5.75 Å². The van der Waals surface area contributed by atoms with Gasteiger partial charge < -0.3 is 10.5 Å². The van der Waals surface area contributed by atoms with Gasteiger partial charge in [-0.2, -0.15) is 0 Å². The fourth-order valence-corrected chi connectivity index (χ4v) is 1.34. The summed E-state index contributed by atoms with van der Waals surface area (Å²) < 4.78 is 5.54. The molecule has 0 unspecified atom stereocenters. The van der Waals surface area contributed by atoms with Gasteiger partial charge in [0.05, 0.1) is 0 Å². The first-order valence-corrected chi connectivity index (χ1v) is 5.18. The van der Waals surface area contributed by atoms with Crippen LogP contribution in [0.1, 0.15) is 11.1 Å². The molecule has 0 radical (unpaired) electrons. The van der Waals surface area contributed by atoms with Crippen LogP contribution in [0.25, 0.3) is 0 Å². The molecule has 3 heteroatoms. The van der Waals surface area contributed by atoms with E-state index in [-0.39, 0.29) is 0 Å². The van der Waals surface area contributed by atoms with Gasteiger partial charge in [0.2, 0.25) is 0 Å². The predicted octanol–water partition coefficient (Wildman–Crippen LogP) is 2.85. The second kappa shape index (κ2) is 5.19. The lowest BCUT2D eigenvalue weighted by Crippen LogP contribution is -2.10. The van der Waals surface area contributed by atoms with E-state index in [4.69, 9.17) is 22.1 Å².